The molecule has 9 nitrogen and oxygen atoms in total. The number of carbonyl (C=O) groups is 3. The van der Waals surface area contributed by atoms with Crippen LogP contribution in [-0.2, 0) is 38.1 Å². The molecular weight excluding hydrogens is 528 g/mol. The Morgan fingerprint density at radius 1 is 1.07 bits per heavy atom. The monoisotopic (exact) mass is 572 g/mol. The van der Waals surface area contributed by atoms with E-state index in [0.29, 0.717) is 19.3 Å². The number of cyclic esters (lactones) is 1. The number of fused-ring (bicyclic) bond motifs is 9. The number of aliphatic hydroxyl groups excluding tert-OH is 1. The Morgan fingerprint density at radius 3 is 2.44 bits per heavy atom. The van der Waals surface area contributed by atoms with Gasteiger partial charge in [0.2, 0.25) is 5.60 Å². The predicted octanol–water partition coefficient (Wildman–Crippen LogP) is 3.50. The lowest BCUT2D eigenvalue weighted by molar-refractivity contribution is -0.449. The number of ether oxygens (including phenoxy) is 5. The molecule has 13 atom stereocenters. The minimum absolute atomic E-state index is 0.0291. The molecule has 2 bridgehead atoms. The van der Waals surface area contributed by atoms with E-state index in [-0.39, 0.29) is 41.7 Å². The summed E-state index contributed by atoms with van der Waals surface area (Å²) in [5, 5.41) is 11.2. The lowest BCUT2D eigenvalue weighted by Gasteiger charge is -2.80. The minimum Gasteiger partial charge on any atom is -0.467 e. The third kappa shape index (κ3) is 2.83. The van der Waals surface area contributed by atoms with Crippen LogP contribution in [0.1, 0.15) is 79.6 Å². The molecule has 0 aromatic rings. The molecule has 7 rings (SSSR count). The van der Waals surface area contributed by atoms with Crippen LogP contribution in [0.2, 0.25) is 0 Å². The fourth-order valence-corrected chi connectivity index (χ4v) is 12.2. The van der Waals surface area contributed by atoms with Gasteiger partial charge in [0.15, 0.2) is 0 Å². The molecule has 4 saturated heterocycles. The Balaban J connectivity index is 1.37. The number of rotatable bonds is 3. The van der Waals surface area contributed by atoms with Crippen LogP contribution in [0, 0.1) is 39.4 Å². The Hall–Kier alpha value is -1.97. The number of hydrogen-bond donors (Lipinski definition) is 1. The van der Waals surface area contributed by atoms with Gasteiger partial charge in [0.1, 0.15) is 18.3 Å². The fraction of sp³-hybridized carbons (Fsp3) is 0.844. The topological polar surface area (TPSA) is 121 Å². The van der Waals surface area contributed by atoms with Crippen molar-refractivity contribution in [3.05, 3.63) is 12.2 Å². The first-order chi connectivity index (χ1) is 19.2. The van der Waals surface area contributed by atoms with E-state index in [1.165, 1.54) is 14.0 Å². The molecule has 3 unspecified atom stereocenters. The van der Waals surface area contributed by atoms with Gasteiger partial charge in [-0.25, -0.2) is 4.79 Å². The first-order valence-electron chi connectivity index (χ1n) is 15.3. The van der Waals surface area contributed by atoms with Crippen molar-refractivity contribution in [2.75, 3.05) is 13.7 Å². The lowest BCUT2D eigenvalue weighted by atomic mass is 9.30. The molecule has 4 aliphatic heterocycles. The minimum atomic E-state index is -1.20. The van der Waals surface area contributed by atoms with Gasteiger partial charge in [-0.1, -0.05) is 27.4 Å². The molecule has 3 saturated carbocycles. The molecule has 0 amide bonds. The average Bonchev–Trinajstić information content (AvgIpc) is 3.69. The smallest absolute Gasteiger partial charge is 0.342 e. The van der Waals surface area contributed by atoms with E-state index >= 15 is 0 Å². The van der Waals surface area contributed by atoms with Gasteiger partial charge >= 0.3 is 17.9 Å². The van der Waals surface area contributed by atoms with Crippen LogP contribution in [0.5, 0.6) is 0 Å². The summed E-state index contributed by atoms with van der Waals surface area (Å²) in [6.07, 6.45) is 2.58. The molecule has 9 heteroatoms. The van der Waals surface area contributed by atoms with Crippen molar-refractivity contribution in [3.63, 3.8) is 0 Å². The molecular formula is C32H44O9. The number of epoxide rings is 1. The van der Waals surface area contributed by atoms with E-state index in [1.54, 1.807) is 0 Å². The number of aliphatic hydroxyl groups is 1. The van der Waals surface area contributed by atoms with E-state index in [2.05, 4.69) is 27.4 Å². The zero-order valence-electron chi connectivity index (χ0n) is 25.1. The Kier molecular flexibility index (Phi) is 5.53. The molecule has 41 heavy (non-hydrogen) atoms. The Morgan fingerprint density at radius 2 is 1.78 bits per heavy atom. The van der Waals surface area contributed by atoms with E-state index < -0.39 is 57.8 Å². The van der Waals surface area contributed by atoms with Crippen molar-refractivity contribution in [2.24, 2.45) is 39.4 Å². The average molecular weight is 573 g/mol. The highest BCUT2D eigenvalue weighted by atomic mass is 16.7. The van der Waals surface area contributed by atoms with Crippen molar-refractivity contribution < 1.29 is 43.2 Å². The quantitative estimate of drug-likeness (QED) is 0.234. The second kappa shape index (κ2) is 8.14. The second-order valence-electron chi connectivity index (χ2n) is 14.9. The Labute approximate surface area is 241 Å². The van der Waals surface area contributed by atoms with Crippen molar-refractivity contribution in [1.82, 2.24) is 0 Å². The summed E-state index contributed by atoms with van der Waals surface area (Å²) in [5.74, 6) is -0.825. The molecule has 226 valence electrons. The first kappa shape index (κ1) is 27.8. The molecule has 0 aromatic carbocycles. The lowest BCUT2D eigenvalue weighted by Crippen LogP contribution is -2.90. The van der Waals surface area contributed by atoms with Gasteiger partial charge in [-0.05, 0) is 67.8 Å². The first-order valence-corrected chi connectivity index (χ1v) is 15.3. The summed E-state index contributed by atoms with van der Waals surface area (Å²) in [6, 6.07) is 0. The van der Waals surface area contributed by atoms with Crippen LogP contribution in [-0.4, -0.2) is 72.3 Å². The van der Waals surface area contributed by atoms with Gasteiger partial charge in [-0.15, -0.1) is 0 Å². The maximum Gasteiger partial charge on any atom is 0.342 e. The van der Waals surface area contributed by atoms with Gasteiger partial charge < -0.3 is 28.8 Å². The van der Waals surface area contributed by atoms with E-state index in [1.807, 2.05) is 6.92 Å². The van der Waals surface area contributed by atoms with Crippen LogP contribution in [0.15, 0.2) is 12.2 Å². The summed E-state index contributed by atoms with van der Waals surface area (Å²) in [5.41, 5.74) is -3.02. The van der Waals surface area contributed by atoms with E-state index in [9.17, 15) is 19.5 Å². The summed E-state index contributed by atoms with van der Waals surface area (Å²) in [4.78, 5) is 38.7. The maximum atomic E-state index is 13.4. The predicted molar refractivity (Wildman–Crippen MR) is 144 cm³/mol. The van der Waals surface area contributed by atoms with Crippen molar-refractivity contribution in [1.29, 1.82) is 0 Å². The number of carbonyl (C=O) groups excluding carboxylic acids is 3. The zero-order valence-corrected chi connectivity index (χ0v) is 25.1. The van der Waals surface area contributed by atoms with Crippen molar-refractivity contribution in [2.45, 2.75) is 115 Å². The number of methoxy groups -OCH3 is 1. The SMILES string of the molecule is C=C1C[C@@]23O[C@@H]([C@@H](OC(C)=O)[C@]4(C)C5CC[C@@]6(C(C)O)COC(=O)CC[C@H]6[C@]5(C)CCC42)[C@@]3(C)[C@]2(C(=O)OC)O[C@H]12. The molecule has 1 spiro atoms. The summed E-state index contributed by atoms with van der Waals surface area (Å²) < 4.78 is 30.5. The van der Waals surface area contributed by atoms with E-state index in [4.69, 9.17) is 23.7 Å². The van der Waals surface area contributed by atoms with Crippen LogP contribution >= 0.6 is 0 Å². The number of esters is 3. The van der Waals surface area contributed by atoms with Crippen LogP contribution in [0.3, 0.4) is 0 Å². The second-order valence-corrected chi connectivity index (χ2v) is 14.9. The van der Waals surface area contributed by atoms with Crippen LogP contribution in [0.4, 0.5) is 0 Å². The van der Waals surface area contributed by atoms with Gasteiger partial charge in [-0.3, -0.25) is 9.59 Å². The third-order valence-corrected chi connectivity index (χ3v) is 13.9. The molecule has 7 aliphatic rings. The largest absolute Gasteiger partial charge is 0.467 e. The fourth-order valence-electron chi connectivity index (χ4n) is 12.2. The Bertz CT molecular complexity index is 1250. The zero-order chi connectivity index (χ0) is 29.5. The molecule has 4 heterocycles. The highest BCUT2D eigenvalue weighted by Crippen LogP contribution is 2.83. The highest BCUT2D eigenvalue weighted by Gasteiger charge is 2.94. The normalized spacial score (nSPS) is 55.2. The molecule has 7 fully saturated rings. The van der Waals surface area contributed by atoms with Crippen LogP contribution < -0.4 is 0 Å². The summed E-state index contributed by atoms with van der Waals surface area (Å²) >= 11 is 0. The summed E-state index contributed by atoms with van der Waals surface area (Å²) in [6.45, 7) is 14.5. The van der Waals surface area contributed by atoms with Gasteiger partial charge in [0, 0.05) is 30.6 Å². The van der Waals surface area contributed by atoms with Gasteiger partial charge in [0.05, 0.1) is 30.8 Å². The van der Waals surface area contributed by atoms with Gasteiger partial charge in [0.25, 0.3) is 0 Å². The maximum absolute atomic E-state index is 13.4. The third-order valence-electron chi connectivity index (χ3n) is 13.9. The summed E-state index contributed by atoms with van der Waals surface area (Å²) in [7, 11) is 1.38. The molecule has 0 radical (unpaired) electrons. The molecule has 0 aromatic heterocycles. The molecule has 3 aliphatic carbocycles. The van der Waals surface area contributed by atoms with Crippen molar-refractivity contribution in [3.8, 4) is 0 Å². The molecule has 1 N–H and O–H groups in total. The number of hydrogen-bond acceptors (Lipinski definition) is 9. The highest BCUT2D eigenvalue weighted by molar-refractivity contribution is 5.87. The standard InChI is InChI=1S/C32H44O9/c1-16-14-31-21-10-12-27(4)19(11-13-30(17(2)33)15-38-22(35)9-8-20(27)30)28(21,5)24(39-18(3)34)25(40-31)29(31,6)32(23(16)41-32)26(36)37-7/h17,19-21,23-25,33H,1,8-15H2,2-7H3/t17?,19?,20-,21?,23+,24+,25-,27+,28+,29+,30-,31+,32-/m0/s1. The van der Waals surface area contributed by atoms with E-state index in [0.717, 1.165) is 31.3 Å². The van der Waals surface area contributed by atoms with Crippen LogP contribution in [0.25, 0.3) is 0 Å². The van der Waals surface area contributed by atoms with Gasteiger partial charge in [-0.2, -0.15) is 0 Å². The van der Waals surface area contributed by atoms with Crippen molar-refractivity contribution >= 4 is 17.9 Å².